The minimum atomic E-state index is -0.125. The highest BCUT2D eigenvalue weighted by Crippen LogP contribution is 2.26. The summed E-state index contributed by atoms with van der Waals surface area (Å²) in [5.41, 5.74) is 5.33. The highest BCUT2D eigenvalue weighted by Gasteiger charge is 2.14. The Labute approximate surface area is 131 Å². The average Bonchev–Trinajstić information content (AvgIpc) is 2.51. The molecule has 2 nitrogen and oxygen atoms in total. The Hall–Kier alpha value is -2.00. The summed E-state index contributed by atoms with van der Waals surface area (Å²) < 4.78 is 14.1. The van der Waals surface area contributed by atoms with Gasteiger partial charge in [0.2, 0.25) is 0 Å². The van der Waals surface area contributed by atoms with Gasteiger partial charge in [0.1, 0.15) is 5.82 Å². The van der Waals surface area contributed by atoms with Crippen LogP contribution in [0.2, 0.25) is 0 Å². The second-order valence-corrected chi connectivity index (χ2v) is 6.05. The summed E-state index contributed by atoms with van der Waals surface area (Å²) in [7, 11) is 2.12. The van der Waals surface area contributed by atoms with E-state index in [9.17, 15) is 4.39 Å². The molecule has 1 aromatic heterocycles. The van der Waals surface area contributed by atoms with E-state index in [1.54, 1.807) is 12.3 Å². The molecule has 0 atom stereocenters. The molecule has 0 aliphatic carbocycles. The summed E-state index contributed by atoms with van der Waals surface area (Å²) >= 11 is 0. The smallest absolute Gasteiger partial charge is 0.126 e. The van der Waals surface area contributed by atoms with Gasteiger partial charge in [0.15, 0.2) is 0 Å². The third kappa shape index (κ3) is 3.25. The van der Waals surface area contributed by atoms with Crippen molar-refractivity contribution in [1.29, 1.82) is 0 Å². The maximum atomic E-state index is 14.1. The Bertz CT molecular complexity index is 706. The van der Waals surface area contributed by atoms with Gasteiger partial charge in [-0.25, -0.2) is 4.39 Å². The van der Waals surface area contributed by atoms with E-state index in [0.29, 0.717) is 6.42 Å². The SMILES string of the molecule is Cc1ccc(Cc2ccncc2C2=CCN(C)CC2)c(F)c1. The molecule has 0 saturated heterocycles. The van der Waals surface area contributed by atoms with Crippen molar-refractivity contribution in [2.45, 2.75) is 19.8 Å². The topological polar surface area (TPSA) is 16.1 Å². The van der Waals surface area contributed by atoms with Crippen LogP contribution in [0.5, 0.6) is 0 Å². The molecule has 0 saturated carbocycles. The standard InChI is InChI=1S/C19H21FN2/c1-14-3-4-17(19(20)11-14)12-16-5-8-21-13-18(16)15-6-9-22(2)10-7-15/h3-6,8,11,13H,7,9-10,12H2,1-2H3. The van der Waals surface area contributed by atoms with Crippen molar-refractivity contribution in [3.63, 3.8) is 0 Å². The van der Waals surface area contributed by atoms with E-state index >= 15 is 0 Å². The Morgan fingerprint density at radius 1 is 1.23 bits per heavy atom. The molecule has 1 aliphatic rings. The number of benzene rings is 1. The zero-order valence-corrected chi connectivity index (χ0v) is 13.1. The Balaban J connectivity index is 1.91. The Kier molecular flexibility index (Phi) is 4.34. The summed E-state index contributed by atoms with van der Waals surface area (Å²) in [6.07, 6.45) is 7.59. The van der Waals surface area contributed by atoms with Gasteiger partial charge in [-0.3, -0.25) is 4.98 Å². The normalized spacial score (nSPS) is 15.7. The molecule has 2 aromatic rings. The molecule has 0 unspecified atom stereocenters. The van der Waals surface area contributed by atoms with Crippen molar-refractivity contribution in [3.05, 3.63) is 70.8 Å². The minimum absolute atomic E-state index is 0.125. The van der Waals surface area contributed by atoms with E-state index < -0.39 is 0 Å². The molecular formula is C19H21FN2. The van der Waals surface area contributed by atoms with Crippen molar-refractivity contribution < 1.29 is 4.39 Å². The van der Waals surface area contributed by atoms with Gasteiger partial charge in [-0.2, -0.15) is 0 Å². The maximum Gasteiger partial charge on any atom is 0.126 e. The second kappa shape index (κ2) is 6.41. The quantitative estimate of drug-likeness (QED) is 0.855. The highest BCUT2D eigenvalue weighted by atomic mass is 19.1. The first kappa shape index (κ1) is 14.9. The summed E-state index contributed by atoms with van der Waals surface area (Å²) in [6, 6.07) is 7.46. The van der Waals surface area contributed by atoms with Crippen molar-refractivity contribution in [1.82, 2.24) is 9.88 Å². The first-order chi connectivity index (χ1) is 10.6. The fourth-order valence-corrected chi connectivity index (χ4v) is 2.88. The molecule has 1 aromatic carbocycles. The molecular weight excluding hydrogens is 275 g/mol. The molecule has 0 bridgehead atoms. The number of hydrogen-bond donors (Lipinski definition) is 0. The monoisotopic (exact) mass is 296 g/mol. The van der Waals surface area contributed by atoms with Crippen LogP contribution in [0, 0.1) is 12.7 Å². The number of rotatable bonds is 3. The number of aromatic nitrogens is 1. The lowest BCUT2D eigenvalue weighted by atomic mass is 9.93. The summed E-state index contributed by atoms with van der Waals surface area (Å²) in [6.45, 7) is 3.93. The zero-order chi connectivity index (χ0) is 15.5. The van der Waals surface area contributed by atoms with E-state index in [0.717, 1.165) is 41.8 Å². The maximum absolute atomic E-state index is 14.1. The van der Waals surface area contributed by atoms with Crippen LogP contribution in [-0.2, 0) is 6.42 Å². The molecule has 0 fully saturated rings. The van der Waals surface area contributed by atoms with Crippen LogP contribution >= 0.6 is 0 Å². The molecule has 0 N–H and O–H groups in total. The number of likely N-dealkylation sites (N-methyl/N-ethyl adjacent to an activating group) is 1. The van der Waals surface area contributed by atoms with Crippen LogP contribution in [-0.4, -0.2) is 30.0 Å². The lowest BCUT2D eigenvalue weighted by molar-refractivity contribution is 0.370. The van der Waals surface area contributed by atoms with Crippen molar-refractivity contribution >= 4 is 5.57 Å². The lowest BCUT2D eigenvalue weighted by Crippen LogP contribution is -2.24. The van der Waals surface area contributed by atoms with Crippen LogP contribution < -0.4 is 0 Å². The molecule has 3 rings (SSSR count). The fourth-order valence-electron chi connectivity index (χ4n) is 2.88. The lowest BCUT2D eigenvalue weighted by Gasteiger charge is -2.23. The molecule has 3 heteroatoms. The summed E-state index contributed by atoms with van der Waals surface area (Å²) in [5.74, 6) is -0.125. The predicted molar refractivity (Wildman–Crippen MR) is 88.3 cm³/mol. The first-order valence-electron chi connectivity index (χ1n) is 7.69. The third-order valence-corrected chi connectivity index (χ3v) is 4.26. The van der Waals surface area contributed by atoms with E-state index in [1.165, 1.54) is 5.57 Å². The first-order valence-corrected chi connectivity index (χ1v) is 7.69. The van der Waals surface area contributed by atoms with Crippen LogP contribution in [0.15, 0.2) is 42.7 Å². The molecule has 1 aliphatic heterocycles. The molecule has 22 heavy (non-hydrogen) atoms. The molecule has 0 radical (unpaired) electrons. The van der Waals surface area contributed by atoms with Gasteiger partial charge in [-0.1, -0.05) is 18.2 Å². The second-order valence-electron chi connectivity index (χ2n) is 6.05. The largest absolute Gasteiger partial charge is 0.302 e. The van der Waals surface area contributed by atoms with E-state index in [4.69, 9.17) is 0 Å². The number of halogens is 1. The van der Waals surface area contributed by atoms with Gasteiger partial charge in [0.25, 0.3) is 0 Å². The molecule has 0 amide bonds. The highest BCUT2D eigenvalue weighted by molar-refractivity contribution is 5.69. The Morgan fingerprint density at radius 2 is 2.09 bits per heavy atom. The zero-order valence-electron chi connectivity index (χ0n) is 13.1. The number of hydrogen-bond acceptors (Lipinski definition) is 2. The van der Waals surface area contributed by atoms with Crippen LogP contribution in [0.4, 0.5) is 4.39 Å². The summed E-state index contributed by atoms with van der Waals surface area (Å²) in [4.78, 5) is 6.56. The van der Waals surface area contributed by atoms with Crippen molar-refractivity contribution in [2.24, 2.45) is 0 Å². The Morgan fingerprint density at radius 3 is 2.82 bits per heavy atom. The number of pyridine rings is 1. The number of aryl methyl sites for hydroxylation is 1. The van der Waals surface area contributed by atoms with E-state index in [-0.39, 0.29) is 5.82 Å². The van der Waals surface area contributed by atoms with Crippen LogP contribution in [0.25, 0.3) is 5.57 Å². The van der Waals surface area contributed by atoms with Crippen LogP contribution in [0.1, 0.15) is 28.7 Å². The predicted octanol–water partition coefficient (Wildman–Crippen LogP) is 3.84. The molecule has 2 heterocycles. The number of nitrogens with zero attached hydrogens (tertiary/aromatic N) is 2. The van der Waals surface area contributed by atoms with Gasteiger partial charge < -0.3 is 4.90 Å². The third-order valence-electron chi connectivity index (χ3n) is 4.26. The van der Waals surface area contributed by atoms with Crippen molar-refractivity contribution in [2.75, 3.05) is 20.1 Å². The van der Waals surface area contributed by atoms with Gasteiger partial charge >= 0.3 is 0 Å². The van der Waals surface area contributed by atoms with E-state index in [1.807, 2.05) is 31.3 Å². The average molecular weight is 296 g/mol. The van der Waals surface area contributed by atoms with Gasteiger partial charge in [0, 0.05) is 31.9 Å². The minimum Gasteiger partial charge on any atom is -0.302 e. The fraction of sp³-hybridized carbons (Fsp3) is 0.316. The summed E-state index contributed by atoms with van der Waals surface area (Å²) in [5, 5.41) is 0. The van der Waals surface area contributed by atoms with Gasteiger partial charge in [-0.15, -0.1) is 0 Å². The van der Waals surface area contributed by atoms with Gasteiger partial charge in [-0.05, 0) is 60.4 Å². The molecule has 114 valence electrons. The van der Waals surface area contributed by atoms with Gasteiger partial charge in [0.05, 0.1) is 0 Å². The van der Waals surface area contributed by atoms with Crippen molar-refractivity contribution in [3.8, 4) is 0 Å². The van der Waals surface area contributed by atoms with E-state index in [2.05, 4.69) is 23.0 Å². The van der Waals surface area contributed by atoms with Crippen LogP contribution in [0.3, 0.4) is 0 Å². The molecule has 0 spiro atoms.